The van der Waals surface area contributed by atoms with Gasteiger partial charge >= 0.3 is 5.97 Å². The van der Waals surface area contributed by atoms with Gasteiger partial charge in [0.15, 0.2) is 0 Å². The van der Waals surface area contributed by atoms with Crippen LogP contribution in [0.5, 0.6) is 0 Å². The summed E-state index contributed by atoms with van der Waals surface area (Å²) in [4.78, 5) is 32.3. The number of halogens is 1. The number of nitrogens with one attached hydrogen (secondary N) is 1. The van der Waals surface area contributed by atoms with Crippen molar-refractivity contribution in [2.75, 3.05) is 18.1 Å². The molecule has 2 N–H and O–H groups in total. The first-order valence-corrected chi connectivity index (χ1v) is 7.38. The molecule has 1 amide bonds. The molecule has 0 saturated carbocycles. The SMILES string of the molecule is O=C(O)CSCCNC(=O)c1ccc(Br)cc1[N+](=O)[O-]. The number of nitrogens with zero attached hydrogens (tertiary/aromatic N) is 1. The van der Waals surface area contributed by atoms with Crippen molar-refractivity contribution in [3.05, 3.63) is 38.3 Å². The molecule has 0 fully saturated rings. The molecule has 1 aromatic rings. The molecule has 20 heavy (non-hydrogen) atoms. The Bertz CT molecular complexity index is 538. The zero-order valence-corrected chi connectivity index (χ0v) is 12.6. The standard InChI is InChI=1S/C11H11BrN2O5S/c12-7-1-2-8(9(5-7)14(18)19)11(17)13-3-4-20-6-10(15)16/h1-2,5H,3-4,6H2,(H,13,17)(H,15,16). The lowest BCUT2D eigenvalue weighted by Gasteiger charge is -2.05. The number of carbonyl (C=O) groups excluding carboxylic acids is 1. The predicted molar refractivity (Wildman–Crippen MR) is 78.1 cm³/mol. The van der Waals surface area contributed by atoms with Crippen LogP contribution in [-0.4, -0.2) is 40.0 Å². The van der Waals surface area contributed by atoms with E-state index < -0.39 is 16.8 Å². The number of nitro groups is 1. The first-order valence-electron chi connectivity index (χ1n) is 5.43. The van der Waals surface area contributed by atoms with Crippen LogP contribution in [0, 0.1) is 10.1 Å². The lowest BCUT2D eigenvalue weighted by atomic mass is 10.1. The zero-order valence-electron chi connectivity index (χ0n) is 10.2. The fraction of sp³-hybridized carbons (Fsp3) is 0.273. The molecular weight excluding hydrogens is 352 g/mol. The number of carboxylic acids is 1. The van der Waals surface area contributed by atoms with E-state index in [1.165, 1.54) is 12.1 Å². The maximum Gasteiger partial charge on any atom is 0.313 e. The van der Waals surface area contributed by atoms with Gasteiger partial charge in [-0.25, -0.2) is 0 Å². The van der Waals surface area contributed by atoms with Gasteiger partial charge in [-0.3, -0.25) is 19.7 Å². The number of carbonyl (C=O) groups is 2. The number of hydrogen-bond donors (Lipinski definition) is 2. The van der Waals surface area contributed by atoms with Gasteiger partial charge < -0.3 is 10.4 Å². The number of thioether (sulfide) groups is 1. The Balaban J connectivity index is 2.59. The van der Waals surface area contributed by atoms with E-state index in [0.717, 1.165) is 11.8 Å². The molecule has 0 unspecified atom stereocenters. The maximum atomic E-state index is 11.8. The monoisotopic (exact) mass is 362 g/mol. The lowest BCUT2D eigenvalue weighted by Crippen LogP contribution is -2.26. The normalized spacial score (nSPS) is 10.1. The van der Waals surface area contributed by atoms with E-state index in [1.807, 2.05) is 0 Å². The highest BCUT2D eigenvalue weighted by Crippen LogP contribution is 2.23. The molecule has 0 aliphatic carbocycles. The highest BCUT2D eigenvalue weighted by Gasteiger charge is 2.19. The van der Waals surface area contributed by atoms with Gasteiger partial charge in [0.05, 0.1) is 10.7 Å². The van der Waals surface area contributed by atoms with Crippen LogP contribution in [0.4, 0.5) is 5.69 Å². The number of nitro benzene ring substituents is 1. The Morgan fingerprint density at radius 3 is 2.75 bits per heavy atom. The summed E-state index contributed by atoms with van der Waals surface area (Å²) >= 11 is 4.26. The average molecular weight is 363 g/mol. The smallest absolute Gasteiger partial charge is 0.313 e. The van der Waals surface area contributed by atoms with Gasteiger partial charge in [-0.1, -0.05) is 15.9 Å². The van der Waals surface area contributed by atoms with Crippen molar-refractivity contribution in [2.45, 2.75) is 0 Å². The van der Waals surface area contributed by atoms with Crippen LogP contribution in [0.25, 0.3) is 0 Å². The average Bonchev–Trinajstić information content (AvgIpc) is 2.37. The number of carboxylic acid groups (broad SMARTS) is 1. The fourth-order valence-electron chi connectivity index (χ4n) is 1.34. The van der Waals surface area contributed by atoms with Gasteiger partial charge in [0.1, 0.15) is 5.56 Å². The Morgan fingerprint density at radius 2 is 2.15 bits per heavy atom. The first kappa shape index (κ1) is 16.4. The second-order valence-corrected chi connectivity index (χ2v) is 5.64. The molecule has 0 atom stereocenters. The van der Waals surface area contributed by atoms with E-state index in [2.05, 4.69) is 21.2 Å². The summed E-state index contributed by atoms with van der Waals surface area (Å²) in [6, 6.07) is 4.16. The van der Waals surface area contributed by atoms with Crippen LogP contribution in [-0.2, 0) is 4.79 Å². The molecule has 0 bridgehead atoms. The van der Waals surface area contributed by atoms with E-state index in [4.69, 9.17) is 5.11 Å². The first-order chi connectivity index (χ1) is 9.41. The molecule has 1 rings (SSSR count). The van der Waals surface area contributed by atoms with Crippen molar-refractivity contribution in [2.24, 2.45) is 0 Å². The summed E-state index contributed by atoms with van der Waals surface area (Å²) in [7, 11) is 0. The molecule has 0 saturated heterocycles. The summed E-state index contributed by atoms with van der Waals surface area (Å²) in [5, 5.41) is 21.8. The Labute approximate surface area is 127 Å². The number of rotatable bonds is 7. The molecule has 0 aliphatic rings. The predicted octanol–water partition coefficient (Wildman–Crippen LogP) is 1.90. The molecule has 9 heteroatoms. The van der Waals surface area contributed by atoms with Crippen LogP contribution in [0.3, 0.4) is 0 Å². The van der Waals surface area contributed by atoms with E-state index in [1.54, 1.807) is 6.07 Å². The highest BCUT2D eigenvalue weighted by atomic mass is 79.9. The van der Waals surface area contributed by atoms with Crippen molar-refractivity contribution in [1.29, 1.82) is 0 Å². The Hall–Kier alpha value is -1.61. The van der Waals surface area contributed by atoms with Crippen LogP contribution in [0.2, 0.25) is 0 Å². The van der Waals surface area contributed by atoms with Gasteiger partial charge in [0.2, 0.25) is 0 Å². The van der Waals surface area contributed by atoms with Crippen LogP contribution < -0.4 is 5.32 Å². The van der Waals surface area contributed by atoms with Crippen LogP contribution in [0.1, 0.15) is 10.4 Å². The minimum absolute atomic E-state index is 0.0264. The molecule has 108 valence electrons. The van der Waals surface area contributed by atoms with E-state index in [9.17, 15) is 19.7 Å². The maximum absolute atomic E-state index is 11.8. The van der Waals surface area contributed by atoms with Crippen molar-refractivity contribution < 1.29 is 19.6 Å². The van der Waals surface area contributed by atoms with Crippen molar-refractivity contribution in [1.82, 2.24) is 5.32 Å². The number of benzene rings is 1. The second-order valence-electron chi connectivity index (χ2n) is 3.62. The van der Waals surface area contributed by atoms with Crippen molar-refractivity contribution >= 4 is 45.3 Å². The summed E-state index contributed by atoms with van der Waals surface area (Å²) in [5.41, 5.74) is -0.309. The van der Waals surface area contributed by atoms with Gasteiger partial charge in [-0.15, -0.1) is 11.8 Å². The molecular formula is C11H11BrN2O5S. The summed E-state index contributed by atoms with van der Waals surface area (Å²) in [6.07, 6.45) is 0. The third-order valence-corrected chi connectivity index (χ3v) is 3.60. The summed E-state index contributed by atoms with van der Waals surface area (Å²) < 4.78 is 0.512. The minimum atomic E-state index is -0.926. The molecule has 0 aliphatic heterocycles. The minimum Gasteiger partial charge on any atom is -0.481 e. The Kier molecular flexibility index (Phi) is 6.46. The largest absolute Gasteiger partial charge is 0.481 e. The molecule has 1 aromatic carbocycles. The van der Waals surface area contributed by atoms with Crippen molar-refractivity contribution in [3.63, 3.8) is 0 Å². The fourth-order valence-corrected chi connectivity index (χ4v) is 2.25. The highest BCUT2D eigenvalue weighted by molar-refractivity contribution is 9.10. The molecule has 0 radical (unpaired) electrons. The lowest BCUT2D eigenvalue weighted by molar-refractivity contribution is -0.385. The van der Waals surface area contributed by atoms with E-state index in [0.29, 0.717) is 10.2 Å². The van der Waals surface area contributed by atoms with E-state index >= 15 is 0 Å². The number of aliphatic carboxylic acids is 1. The van der Waals surface area contributed by atoms with Gasteiger partial charge in [0, 0.05) is 22.8 Å². The van der Waals surface area contributed by atoms with Crippen molar-refractivity contribution in [3.8, 4) is 0 Å². The molecule has 0 spiro atoms. The van der Waals surface area contributed by atoms with Crippen LogP contribution in [0.15, 0.2) is 22.7 Å². The third-order valence-electron chi connectivity index (χ3n) is 2.16. The molecule has 7 nitrogen and oxygen atoms in total. The summed E-state index contributed by atoms with van der Waals surface area (Å²) in [6.45, 7) is 0.240. The zero-order chi connectivity index (χ0) is 15.1. The van der Waals surface area contributed by atoms with Gasteiger partial charge in [-0.2, -0.15) is 0 Å². The van der Waals surface area contributed by atoms with E-state index in [-0.39, 0.29) is 23.5 Å². The molecule has 0 aromatic heterocycles. The van der Waals surface area contributed by atoms with Gasteiger partial charge in [-0.05, 0) is 12.1 Å². The van der Waals surface area contributed by atoms with Gasteiger partial charge in [0.25, 0.3) is 11.6 Å². The summed E-state index contributed by atoms with van der Waals surface area (Å²) in [5.74, 6) is -1.11. The number of hydrogen-bond acceptors (Lipinski definition) is 5. The Morgan fingerprint density at radius 1 is 1.45 bits per heavy atom. The topological polar surface area (TPSA) is 110 Å². The van der Waals surface area contributed by atoms with Crippen LogP contribution >= 0.6 is 27.7 Å². The second kappa shape index (κ2) is 7.85. The quantitative estimate of drug-likeness (QED) is 0.435. The third kappa shape index (κ3) is 5.17. The number of amides is 1. The molecule has 0 heterocycles.